The number of benzene rings is 11. The van der Waals surface area contributed by atoms with Crippen molar-refractivity contribution in [1.29, 1.82) is 0 Å². The van der Waals surface area contributed by atoms with Crippen LogP contribution in [0.2, 0.25) is 0 Å². The molecule has 0 N–H and O–H groups in total. The second-order valence-electron chi connectivity index (χ2n) is 15.6. The van der Waals surface area contributed by atoms with Crippen molar-refractivity contribution >= 4 is 71.2 Å². The van der Waals surface area contributed by atoms with Crippen LogP contribution in [-0.2, 0) is 0 Å². The van der Waals surface area contributed by atoms with E-state index in [4.69, 9.17) is 0 Å². The Morgan fingerprint density at radius 3 is 1.45 bits per heavy atom. The van der Waals surface area contributed by atoms with Crippen molar-refractivity contribution in [3.8, 4) is 39.1 Å². The molecule has 0 unspecified atom stereocenters. The van der Waals surface area contributed by atoms with Crippen LogP contribution in [0.4, 0.5) is 17.1 Å². The summed E-state index contributed by atoms with van der Waals surface area (Å²) in [5.41, 5.74) is 14.1. The fourth-order valence-corrected chi connectivity index (χ4v) is 9.67. The highest BCUT2D eigenvalue weighted by Gasteiger charge is 2.24. The summed E-state index contributed by atoms with van der Waals surface area (Å²) >= 11 is 0. The molecule has 280 valence electrons. The maximum absolute atomic E-state index is 2.51. The van der Waals surface area contributed by atoms with Crippen molar-refractivity contribution in [2.24, 2.45) is 0 Å². The summed E-state index contributed by atoms with van der Waals surface area (Å²) in [6.07, 6.45) is 0. The molecular formula is C58H38N2. The van der Waals surface area contributed by atoms with Crippen LogP contribution in [0.25, 0.3) is 93.2 Å². The first kappa shape index (κ1) is 34.1. The van der Waals surface area contributed by atoms with Gasteiger partial charge in [-0.15, -0.1) is 0 Å². The molecule has 0 saturated heterocycles. The topological polar surface area (TPSA) is 8.17 Å². The third-order valence-corrected chi connectivity index (χ3v) is 12.3. The van der Waals surface area contributed by atoms with E-state index in [1.165, 1.54) is 87.6 Å². The molecule has 0 atom stereocenters. The van der Waals surface area contributed by atoms with Crippen LogP contribution in [0.5, 0.6) is 0 Å². The van der Waals surface area contributed by atoms with Crippen molar-refractivity contribution in [2.45, 2.75) is 0 Å². The van der Waals surface area contributed by atoms with Gasteiger partial charge in [-0.05, 0) is 86.3 Å². The summed E-state index contributed by atoms with van der Waals surface area (Å²) in [4.78, 5) is 2.51. The molecule has 2 nitrogen and oxygen atoms in total. The first-order valence-corrected chi connectivity index (χ1v) is 20.7. The maximum Gasteiger partial charge on any atom is 0.0541 e. The van der Waals surface area contributed by atoms with Gasteiger partial charge >= 0.3 is 0 Å². The van der Waals surface area contributed by atoms with Crippen molar-refractivity contribution in [2.75, 3.05) is 4.90 Å². The molecule has 11 aromatic carbocycles. The van der Waals surface area contributed by atoms with Crippen LogP contribution in [0.15, 0.2) is 231 Å². The van der Waals surface area contributed by atoms with Gasteiger partial charge in [0.2, 0.25) is 0 Å². The average molecular weight is 763 g/mol. The Balaban J connectivity index is 1.14. The van der Waals surface area contributed by atoms with Crippen molar-refractivity contribution in [1.82, 2.24) is 4.57 Å². The molecule has 0 amide bonds. The van der Waals surface area contributed by atoms with Gasteiger partial charge < -0.3 is 9.47 Å². The van der Waals surface area contributed by atoms with Gasteiger partial charge in [0, 0.05) is 32.7 Å². The van der Waals surface area contributed by atoms with E-state index >= 15 is 0 Å². The minimum absolute atomic E-state index is 1.12. The third kappa shape index (κ3) is 5.35. The minimum Gasteiger partial charge on any atom is -0.309 e. The number of rotatable bonds is 7. The fourth-order valence-electron chi connectivity index (χ4n) is 9.67. The Labute approximate surface area is 348 Å². The van der Waals surface area contributed by atoms with E-state index in [2.05, 4.69) is 240 Å². The van der Waals surface area contributed by atoms with Crippen molar-refractivity contribution in [3.63, 3.8) is 0 Å². The second-order valence-corrected chi connectivity index (χ2v) is 15.6. The maximum atomic E-state index is 2.51. The summed E-state index contributed by atoms with van der Waals surface area (Å²) < 4.78 is 2.46. The molecule has 0 aliphatic rings. The summed E-state index contributed by atoms with van der Waals surface area (Å²) in [6, 6.07) is 84.3. The highest BCUT2D eigenvalue weighted by Crippen LogP contribution is 2.49. The van der Waals surface area contributed by atoms with Gasteiger partial charge in [0.15, 0.2) is 0 Å². The number of hydrogen-bond acceptors (Lipinski definition) is 1. The van der Waals surface area contributed by atoms with Gasteiger partial charge in [-0.1, -0.05) is 188 Å². The van der Waals surface area contributed by atoms with Crippen LogP contribution in [0.1, 0.15) is 0 Å². The number of hydrogen-bond donors (Lipinski definition) is 0. The van der Waals surface area contributed by atoms with Crippen molar-refractivity contribution in [3.05, 3.63) is 231 Å². The molecular weight excluding hydrogens is 725 g/mol. The minimum atomic E-state index is 1.12. The summed E-state index contributed by atoms with van der Waals surface area (Å²) in [7, 11) is 0. The summed E-state index contributed by atoms with van der Waals surface area (Å²) in [5.74, 6) is 0. The standard InChI is InChI=1S/C58H38N2/c1-3-16-39(17-4-1)43-20-15-21-44(38-43)46-23-8-12-27-52(46)59(51-26-11-7-22-45(51)40-18-5-2-6-19-40)55-36-32-41-31-35-50-56(37-33-42-30-34-49(55)57(41)58(42)50)60-53-28-13-9-24-47(53)48-25-10-14-29-54(48)60/h1-38H. The molecule has 1 aromatic heterocycles. The normalized spacial score (nSPS) is 11.7. The van der Waals surface area contributed by atoms with E-state index in [9.17, 15) is 0 Å². The first-order chi connectivity index (χ1) is 29.8. The van der Waals surface area contributed by atoms with Crippen LogP contribution >= 0.6 is 0 Å². The fraction of sp³-hybridized carbons (Fsp3) is 0. The molecule has 0 bridgehead atoms. The predicted molar refractivity (Wildman–Crippen MR) is 255 cm³/mol. The number of para-hydroxylation sites is 4. The van der Waals surface area contributed by atoms with Crippen LogP contribution in [0.3, 0.4) is 0 Å². The van der Waals surface area contributed by atoms with Gasteiger partial charge in [-0.3, -0.25) is 0 Å². The quantitative estimate of drug-likeness (QED) is 0.147. The molecule has 0 fully saturated rings. The van der Waals surface area contributed by atoms with Crippen LogP contribution in [-0.4, -0.2) is 4.57 Å². The van der Waals surface area contributed by atoms with Crippen molar-refractivity contribution < 1.29 is 0 Å². The van der Waals surface area contributed by atoms with Gasteiger partial charge in [0.05, 0.1) is 33.8 Å². The molecule has 0 aliphatic carbocycles. The Hall–Kier alpha value is -7.94. The molecule has 0 saturated carbocycles. The van der Waals surface area contributed by atoms with E-state index in [0.717, 1.165) is 22.6 Å². The molecule has 0 spiro atoms. The molecule has 0 aliphatic heterocycles. The molecule has 60 heavy (non-hydrogen) atoms. The van der Waals surface area contributed by atoms with E-state index < -0.39 is 0 Å². The molecule has 2 heteroatoms. The zero-order valence-corrected chi connectivity index (χ0v) is 32.8. The summed E-state index contributed by atoms with van der Waals surface area (Å²) in [5, 5.41) is 10.0. The second kappa shape index (κ2) is 13.9. The number of fused-ring (bicyclic) bond motifs is 3. The third-order valence-electron chi connectivity index (χ3n) is 12.3. The SMILES string of the molecule is c1ccc(-c2cccc(-c3ccccc3N(c3ccccc3-c3ccccc3)c3ccc4ccc5c(-n6c7ccccc7c7ccccc76)ccc6ccc3c4c65)c2)cc1. The number of nitrogens with zero attached hydrogens (tertiary/aromatic N) is 2. The Morgan fingerprint density at radius 1 is 0.283 bits per heavy atom. The largest absolute Gasteiger partial charge is 0.309 e. The average Bonchev–Trinajstić information content (AvgIpc) is 3.66. The first-order valence-electron chi connectivity index (χ1n) is 20.7. The smallest absolute Gasteiger partial charge is 0.0541 e. The number of aromatic nitrogens is 1. The molecule has 0 radical (unpaired) electrons. The summed E-state index contributed by atoms with van der Waals surface area (Å²) in [6.45, 7) is 0. The van der Waals surface area contributed by atoms with E-state index in [-0.39, 0.29) is 0 Å². The molecule has 12 rings (SSSR count). The predicted octanol–water partition coefficient (Wildman–Crippen LogP) is 16.2. The van der Waals surface area contributed by atoms with Gasteiger partial charge in [-0.25, -0.2) is 0 Å². The number of anilines is 3. The van der Waals surface area contributed by atoms with Crippen LogP contribution in [0, 0.1) is 0 Å². The van der Waals surface area contributed by atoms with Gasteiger partial charge in [0.1, 0.15) is 0 Å². The Bertz CT molecular complexity index is 3490. The zero-order chi connectivity index (χ0) is 39.6. The lowest BCUT2D eigenvalue weighted by atomic mass is 9.91. The Kier molecular flexibility index (Phi) is 7.89. The van der Waals surface area contributed by atoms with Gasteiger partial charge in [0.25, 0.3) is 0 Å². The zero-order valence-electron chi connectivity index (χ0n) is 32.8. The lowest BCUT2D eigenvalue weighted by Crippen LogP contribution is -2.13. The monoisotopic (exact) mass is 762 g/mol. The van der Waals surface area contributed by atoms with Crippen LogP contribution < -0.4 is 4.90 Å². The Morgan fingerprint density at radius 2 is 0.767 bits per heavy atom. The highest BCUT2D eigenvalue weighted by atomic mass is 15.1. The van der Waals surface area contributed by atoms with Gasteiger partial charge in [-0.2, -0.15) is 0 Å². The van der Waals surface area contributed by atoms with E-state index in [1.54, 1.807) is 0 Å². The lowest BCUT2D eigenvalue weighted by molar-refractivity contribution is 1.20. The highest BCUT2D eigenvalue weighted by molar-refractivity contribution is 6.27. The van der Waals surface area contributed by atoms with E-state index in [0.29, 0.717) is 0 Å². The molecule has 12 aromatic rings. The lowest BCUT2D eigenvalue weighted by Gasteiger charge is -2.31. The molecule has 1 heterocycles. The van der Waals surface area contributed by atoms with E-state index in [1.807, 2.05) is 0 Å².